The third kappa shape index (κ3) is 4.22. The summed E-state index contributed by atoms with van der Waals surface area (Å²) in [5, 5.41) is 4.94. The minimum Gasteiger partial charge on any atom is -0.482 e. The second kappa shape index (κ2) is 6.69. The van der Waals surface area contributed by atoms with Crippen molar-refractivity contribution in [1.82, 2.24) is 5.32 Å². The zero-order valence-electron chi connectivity index (χ0n) is 13.0. The van der Waals surface area contributed by atoms with E-state index in [-0.39, 0.29) is 18.6 Å². The van der Waals surface area contributed by atoms with E-state index in [1.165, 1.54) is 0 Å². The van der Waals surface area contributed by atoms with Crippen LogP contribution in [-0.4, -0.2) is 30.6 Å². The number of hydrogen-bond donors (Lipinski definition) is 1. The van der Waals surface area contributed by atoms with Crippen molar-refractivity contribution in [1.29, 1.82) is 0 Å². The number of benzene rings is 2. The standard InChI is InChI=1S/C18H19NO4/c1-12(18(21)19-15-7-8-15)23-17(20)11-22-16-9-6-13-4-2-3-5-14(13)10-16/h2-6,9-10,12,15H,7-8,11H2,1H3,(H,19,21)/t12-/m0/s1. The van der Waals surface area contributed by atoms with Crippen molar-refractivity contribution in [2.24, 2.45) is 0 Å². The molecular weight excluding hydrogens is 294 g/mol. The summed E-state index contributed by atoms with van der Waals surface area (Å²) in [7, 11) is 0. The lowest BCUT2D eigenvalue weighted by molar-refractivity contribution is -0.156. The molecule has 1 N–H and O–H groups in total. The smallest absolute Gasteiger partial charge is 0.344 e. The van der Waals surface area contributed by atoms with Crippen molar-refractivity contribution >= 4 is 22.6 Å². The van der Waals surface area contributed by atoms with E-state index in [0.29, 0.717) is 5.75 Å². The number of carbonyl (C=O) groups excluding carboxylic acids is 2. The Balaban J connectivity index is 1.50. The largest absolute Gasteiger partial charge is 0.482 e. The Labute approximate surface area is 134 Å². The maximum atomic E-state index is 11.8. The van der Waals surface area contributed by atoms with Crippen molar-refractivity contribution in [2.75, 3.05) is 6.61 Å². The van der Waals surface area contributed by atoms with E-state index in [1.807, 2.05) is 36.4 Å². The van der Waals surface area contributed by atoms with E-state index in [0.717, 1.165) is 23.6 Å². The number of ether oxygens (including phenoxy) is 2. The van der Waals surface area contributed by atoms with Gasteiger partial charge in [0.05, 0.1) is 0 Å². The maximum Gasteiger partial charge on any atom is 0.344 e. The molecule has 5 nitrogen and oxygen atoms in total. The highest BCUT2D eigenvalue weighted by Crippen LogP contribution is 2.21. The molecule has 23 heavy (non-hydrogen) atoms. The summed E-state index contributed by atoms with van der Waals surface area (Å²) >= 11 is 0. The summed E-state index contributed by atoms with van der Waals surface area (Å²) in [6.45, 7) is 1.34. The van der Waals surface area contributed by atoms with Crippen LogP contribution in [0.15, 0.2) is 42.5 Å². The maximum absolute atomic E-state index is 11.8. The summed E-state index contributed by atoms with van der Waals surface area (Å²) in [5.74, 6) is -0.223. The molecule has 0 saturated heterocycles. The topological polar surface area (TPSA) is 64.6 Å². The fourth-order valence-electron chi connectivity index (χ4n) is 2.23. The first-order chi connectivity index (χ1) is 11.1. The highest BCUT2D eigenvalue weighted by atomic mass is 16.6. The molecule has 1 fully saturated rings. The van der Waals surface area contributed by atoms with Gasteiger partial charge < -0.3 is 14.8 Å². The van der Waals surface area contributed by atoms with Crippen molar-refractivity contribution in [3.63, 3.8) is 0 Å². The van der Waals surface area contributed by atoms with Gasteiger partial charge in [-0.05, 0) is 42.7 Å². The SMILES string of the molecule is C[C@H](OC(=O)COc1ccc2ccccc2c1)C(=O)NC1CC1. The van der Waals surface area contributed by atoms with Crippen LogP contribution < -0.4 is 10.1 Å². The number of fused-ring (bicyclic) bond motifs is 1. The van der Waals surface area contributed by atoms with Crippen molar-refractivity contribution in [3.05, 3.63) is 42.5 Å². The van der Waals surface area contributed by atoms with Crippen molar-refractivity contribution < 1.29 is 19.1 Å². The molecule has 0 aromatic heterocycles. The lowest BCUT2D eigenvalue weighted by Gasteiger charge is -2.13. The molecule has 3 rings (SSSR count). The van der Waals surface area contributed by atoms with Crippen LogP contribution in [0.4, 0.5) is 0 Å². The molecule has 1 aliphatic carbocycles. The van der Waals surface area contributed by atoms with E-state index in [4.69, 9.17) is 9.47 Å². The summed E-state index contributed by atoms with van der Waals surface area (Å²) in [6.07, 6.45) is 1.19. The summed E-state index contributed by atoms with van der Waals surface area (Å²) < 4.78 is 10.5. The first kappa shape index (κ1) is 15.3. The minimum atomic E-state index is -0.802. The summed E-state index contributed by atoms with van der Waals surface area (Å²) in [5.41, 5.74) is 0. The zero-order valence-corrected chi connectivity index (χ0v) is 13.0. The third-order valence-corrected chi connectivity index (χ3v) is 3.68. The lowest BCUT2D eigenvalue weighted by atomic mass is 10.1. The van der Waals surface area contributed by atoms with Gasteiger partial charge in [0, 0.05) is 6.04 Å². The van der Waals surface area contributed by atoms with Gasteiger partial charge in [-0.25, -0.2) is 4.79 Å². The Morgan fingerprint density at radius 3 is 2.65 bits per heavy atom. The van der Waals surface area contributed by atoms with Gasteiger partial charge in [0.15, 0.2) is 12.7 Å². The minimum absolute atomic E-state index is 0.223. The monoisotopic (exact) mass is 313 g/mol. The Morgan fingerprint density at radius 1 is 1.17 bits per heavy atom. The molecule has 0 bridgehead atoms. The quantitative estimate of drug-likeness (QED) is 0.832. The Hall–Kier alpha value is -2.56. The molecule has 2 aromatic carbocycles. The molecule has 0 aliphatic heterocycles. The molecule has 2 aromatic rings. The zero-order chi connectivity index (χ0) is 16.2. The Morgan fingerprint density at radius 2 is 1.91 bits per heavy atom. The second-order valence-electron chi connectivity index (χ2n) is 5.71. The van der Waals surface area contributed by atoms with Crippen LogP contribution in [0.25, 0.3) is 10.8 Å². The molecule has 0 heterocycles. The van der Waals surface area contributed by atoms with Crippen LogP contribution in [0, 0.1) is 0 Å². The Bertz CT molecular complexity index is 724. The number of amides is 1. The molecule has 0 unspecified atom stereocenters. The highest BCUT2D eigenvalue weighted by molar-refractivity contribution is 5.85. The highest BCUT2D eigenvalue weighted by Gasteiger charge is 2.27. The van der Waals surface area contributed by atoms with E-state index in [2.05, 4.69) is 5.32 Å². The molecule has 1 amide bonds. The predicted octanol–water partition coefficient (Wildman–Crippen LogP) is 2.43. The van der Waals surface area contributed by atoms with Crippen LogP contribution >= 0.6 is 0 Å². The van der Waals surface area contributed by atoms with E-state index < -0.39 is 12.1 Å². The van der Waals surface area contributed by atoms with Crippen LogP contribution in [0.5, 0.6) is 5.75 Å². The molecule has 1 atom stereocenters. The first-order valence-electron chi connectivity index (χ1n) is 7.73. The fraction of sp³-hybridized carbons (Fsp3) is 0.333. The number of carbonyl (C=O) groups is 2. The fourth-order valence-corrected chi connectivity index (χ4v) is 2.23. The van der Waals surface area contributed by atoms with Gasteiger partial charge in [-0.3, -0.25) is 4.79 Å². The third-order valence-electron chi connectivity index (χ3n) is 3.68. The van der Waals surface area contributed by atoms with Gasteiger partial charge in [-0.1, -0.05) is 30.3 Å². The molecule has 5 heteroatoms. The van der Waals surface area contributed by atoms with Crippen molar-refractivity contribution in [2.45, 2.75) is 31.9 Å². The molecule has 0 spiro atoms. The molecule has 120 valence electrons. The van der Waals surface area contributed by atoms with Crippen LogP contribution in [0.3, 0.4) is 0 Å². The van der Waals surface area contributed by atoms with Gasteiger partial charge in [0.2, 0.25) is 0 Å². The lowest BCUT2D eigenvalue weighted by Crippen LogP contribution is -2.37. The number of nitrogens with one attached hydrogen (secondary N) is 1. The predicted molar refractivity (Wildman–Crippen MR) is 86.2 cm³/mol. The normalized spacial score (nSPS) is 15.0. The van der Waals surface area contributed by atoms with Crippen LogP contribution in [-0.2, 0) is 14.3 Å². The number of esters is 1. The molecule has 0 radical (unpaired) electrons. The molecule has 1 aliphatic rings. The van der Waals surface area contributed by atoms with Gasteiger partial charge in [-0.15, -0.1) is 0 Å². The van der Waals surface area contributed by atoms with Gasteiger partial charge >= 0.3 is 5.97 Å². The van der Waals surface area contributed by atoms with Gasteiger partial charge in [0.1, 0.15) is 5.75 Å². The van der Waals surface area contributed by atoms with Crippen LogP contribution in [0.1, 0.15) is 19.8 Å². The van der Waals surface area contributed by atoms with Gasteiger partial charge in [0.25, 0.3) is 5.91 Å². The van der Waals surface area contributed by atoms with E-state index in [9.17, 15) is 9.59 Å². The Kier molecular flexibility index (Phi) is 4.46. The van der Waals surface area contributed by atoms with Gasteiger partial charge in [-0.2, -0.15) is 0 Å². The molecular formula is C18H19NO4. The van der Waals surface area contributed by atoms with Crippen LogP contribution in [0.2, 0.25) is 0 Å². The van der Waals surface area contributed by atoms with E-state index >= 15 is 0 Å². The average Bonchev–Trinajstić information content (AvgIpc) is 3.36. The average molecular weight is 313 g/mol. The first-order valence-corrected chi connectivity index (χ1v) is 7.73. The van der Waals surface area contributed by atoms with Crippen molar-refractivity contribution in [3.8, 4) is 5.75 Å². The molecule has 1 saturated carbocycles. The summed E-state index contributed by atoms with van der Waals surface area (Å²) in [6, 6.07) is 13.7. The second-order valence-corrected chi connectivity index (χ2v) is 5.71. The summed E-state index contributed by atoms with van der Waals surface area (Å²) in [4.78, 5) is 23.5. The van der Waals surface area contributed by atoms with E-state index in [1.54, 1.807) is 13.0 Å². The number of hydrogen-bond acceptors (Lipinski definition) is 4. The number of rotatable bonds is 6.